The van der Waals surface area contributed by atoms with Crippen molar-refractivity contribution in [2.24, 2.45) is 0 Å². The molecular formula is C14H22N2O2. The maximum absolute atomic E-state index is 11.0. The Morgan fingerprint density at radius 2 is 2.00 bits per heavy atom. The van der Waals surface area contributed by atoms with Crippen LogP contribution in [0.15, 0.2) is 24.3 Å². The van der Waals surface area contributed by atoms with Crippen LogP contribution in [0.2, 0.25) is 0 Å². The second kappa shape index (κ2) is 8.53. The molecule has 18 heavy (non-hydrogen) atoms. The first-order valence-electron chi connectivity index (χ1n) is 6.39. The van der Waals surface area contributed by atoms with Crippen molar-refractivity contribution in [3.05, 3.63) is 29.8 Å². The van der Waals surface area contributed by atoms with Gasteiger partial charge < -0.3 is 15.4 Å². The third kappa shape index (κ3) is 5.68. The summed E-state index contributed by atoms with van der Waals surface area (Å²) in [5.74, 6) is 0.800. The Balaban J connectivity index is 2.29. The van der Waals surface area contributed by atoms with E-state index in [-0.39, 0.29) is 5.91 Å². The summed E-state index contributed by atoms with van der Waals surface area (Å²) < 4.78 is 5.48. The largest absolute Gasteiger partial charge is 0.493 e. The molecule has 0 spiro atoms. The first-order chi connectivity index (χ1) is 8.76. The first-order valence-corrected chi connectivity index (χ1v) is 6.39. The van der Waals surface area contributed by atoms with Crippen molar-refractivity contribution in [1.82, 2.24) is 10.6 Å². The van der Waals surface area contributed by atoms with Crippen molar-refractivity contribution < 1.29 is 9.53 Å². The van der Waals surface area contributed by atoms with Gasteiger partial charge in [-0.1, -0.05) is 19.1 Å². The molecule has 0 fully saturated rings. The zero-order chi connectivity index (χ0) is 13.2. The molecule has 0 bridgehead atoms. The highest BCUT2D eigenvalue weighted by Gasteiger charge is 1.99. The van der Waals surface area contributed by atoms with Crippen LogP contribution in [0.25, 0.3) is 0 Å². The normalized spacial score (nSPS) is 10.1. The minimum atomic E-state index is -0.00427. The SMILES string of the molecule is CCCNCc1ccc(OCCC(=O)NC)cc1. The van der Waals surface area contributed by atoms with E-state index in [1.54, 1.807) is 7.05 Å². The van der Waals surface area contributed by atoms with Crippen LogP contribution in [0.3, 0.4) is 0 Å². The van der Waals surface area contributed by atoms with Crippen LogP contribution >= 0.6 is 0 Å². The molecule has 0 aromatic heterocycles. The fourth-order valence-corrected chi connectivity index (χ4v) is 1.50. The Hall–Kier alpha value is -1.55. The van der Waals surface area contributed by atoms with Gasteiger partial charge in [-0.25, -0.2) is 0 Å². The summed E-state index contributed by atoms with van der Waals surface area (Å²) in [5, 5.41) is 5.90. The lowest BCUT2D eigenvalue weighted by Gasteiger charge is -2.07. The van der Waals surface area contributed by atoms with Crippen LogP contribution in [0.1, 0.15) is 25.3 Å². The predicted molar refractivity (Wildman–Crippen MR) is 72.6 cm³/mol. The summed E-state index contributed by atoms with van der Waals surface area (Å²) in [5.41, 5.74) is 1.24. The molecule has 0 atom stereocenters. The van der Waals surface area contributed by atoms with Gasteiger partial charge in [-0.3, -0.25) is 4.79 Å². The summed E-state index contributed by atoms with van der Waals surface area (Å²) in [6, 6.07) is 7.95. The molecule has 0 saturated carbocycles. The van der Waals surface area contributed by atoms with Gasteiger partial charge in [0.2, 0.25) is 5.91 Å². The molecule has 0 aliphatic heterocycles. The van der Waals surface area contributed by atoms with E-state index in [9.17, 15) is 4.79 Å². The topological polar surface area (TPSA) is 50.4 Å². The van der Waals surface area contributed by atoms with Crippen molar-refractivity contribution in [3.8, 4) is 5.75 Å². The second-order valence-electron chi connectivity index (χ2n) is 4.09. The number of nitrogens with one attached hydrogen (secondary N) is 2. The molecule has 0 saturated heterocycles. The van der Waals surface area contributed by atoms with E-state index in [2.05, 4.69) is 17.6 Å². The Kier molecular flexibility index (Phi) is 6.87. The molecule has 1 aromatic rings. The zero-order valence-corrected chi connectivity index (χ0v) is 11.2. The first kappa shape index (κ1) is 14.5. The number of benzene rings is 1. The van der Waals surface area contributed by atoms with Crippen molar-refractivity contribution in [1.29, 1.82) is 0 Å². The van der Waals surface area contributed by atoms with Gasteiger partial charge in [0.25, 0.3) is 0 Å². The smallest absolute Gasteiger partial charge is 0.223 e. The number of hydrogen-bond acceptors (Lipinski definition) is 3. The Labute approximate surface area is 109 Å². The molecule has 0 heterocycles. The molecule has 0 aliphatic rings. The van der Waals surface area contributed by atoms with E-state index in [1.807, 2.05) is 24.3 Å². The summed E-state index contributed by atoms with van der Waals surface area (Å²) in [7, 11) is 1.63. The van der Waals surface area contributed by atoms with Crippen molar-refractivity contribution in [3.63, 3.8) is 0 Å². The summed E-state index contributed by atoms with van der Waals surface area (Å²) in [6.45, 7) is 4.47. The van der Waals surface area contributed by atoms with E-state index in [4.69, 9.17) is 4.74 Å². The fraction of sp³-hybridized carbons (Fsp3) is 0.500. The molecule has 0 radical (unpaired) electrons. The maximum atomic E-state index is 11.0. The molecular weight excluding hydrogens is 228 g/mol. The van der Waals surface area contributed by atoms with E-state index >= 15 is 0 Å². The molecule has 0 unspecified atom stereocenters. The Bertz CT molecular complexity index is 349. The molecule has 100 valence electrons. The van der Waals surface area contributed by atoms with Crippen LogP contribution in [0.5, 0.6) is 5.75 Å². The van der Waals surface area contributed by atoms with Gasteiger partial charge in [-0.15, -0.1) is 0 Å². The van der Waals surface area contributed by atoms with Crippen LogP contribution in [-0.4, -0.2) is 26.1 Å². The van der Waals surface area contributed by atoms with Gasteiger partial charge in [-0.2, -0.15) is 0 Å². The van der Waals surface area contributed by atoms with Gasteiger partial charge in [-0.05, 0) is 30.7 Å². The van der Waals surface area contributed by atoms with Crippen LogP contribution in [0.4, 0.5) is 0 Å². The molecule has 1 amide bonds. The monoisotopic (exact) mass is 250 g/mol. The Morgan fingerprint density at radius 1 is 1.28 bits per heavy atom. The maximum Gasteiger partial charge on any atom is 0.223 e. The highest BCUT2D eigenvalue weighted by Crippen LogP contribution is 2.12. The molecule has 2 N–H and O–H groups in total. The van der Waals surface area contributed by atoms with Gasteiger partial charge in [0.15, 0.2) is 0 Å². The molecule has 0 aliphatic carbocycles. The van der Waals surface area contributed by atoms with Crippen LogP contribution in [-0.2, 0) is 11.3 Å². The lowest BCUT2D eigenvalue weighted by molar-refractivity contribution is -0.121. The zero-order valence-electron chi connectivity index (χ0n) is 11.2. The Morgan fingerprint density at radius 3 is 2.61 bits per heavy atom. The third-order valence-electron chi connectivity index (χ3n) is 2.56. The van der Waals surface area contributed by atoms with E-state index in [0.29, 0.717) is 13.0 Å². The standard InChI is InChI=1S/C14H22N2O2/c1-3-9-16-11-12-4-6-13(7-5-12)18-10-8-14(17)15-2/h4-7,16H,3,8-11H2,1-2H3,(H,15,17). The van der Waals surface area contributed by atoms with Crippen molar-refractivity contribution in [2.45, 2.75) is 26.3 Å². The van der Waals surface area contributed by atoms with Crippen LogP contribution < -0.4 is 15.4 Å². The fourth-order valence-electron chi connectivity index (χ4n) is 1.50. The van der Waals surface area contributed by atoms with Gasteiger partial charge >= 0.3 is 0 Å². The predicted octanol–water partition coefficient (Wildman–Crippen LogP) is 1.70. The van der Waals surface area contributed by atoms with E-state index < -0.39 is 0 Å². The summed E-state index contributed by atoms with van der Waals surface area (Å²) in [4.78, 5) is 11.0. The highest BCUT2D eigenvalue weighted by atomic mass is 16.5. The molecule has 1 aromatic carbocycles. The number of rotatable bonds is 8. The lowest BCUT2D eigenvalue weighted by Crippen LogP contribution is -2.20. The number of carbonyl (C=O) groups is 1. The lowest BCUT2D eigenvalue weighted by atomic mass is 10.2. The molecule has 4 nitrogen and oxygen atoms in total. The minimum Gasteiger partial charge on any atom is -0.493 e. The number of ether oxygens (including phenoxy) is 1. The summed E-state index contributed by atoms with van der Waals surface area (Å²) in [6.07, 6.45) is 1.52. The van der Waals surface area contributed by atoms with Gasteiger partial charge in [0.1, 0.15) is 5.75 Å². The van der Waals surface area contributed by atoms with E-state index in [0.717, 1.165) is 25.3 Å². The van der Waals surface area contributed by atoms with Gasteiger partial charge in [0, 0.05) is 13.6 Å². The highest BCUT2D eigenvalue weighted by molar-refractivity contribution is 5.75. The number of carbonyl (C=O) groups excluding carboxylic acids is 1. The second-order valence-corrected chi connectivity index (χ2v) is 4.09. The summed E-state index contributed by atoms with van der Waals surface area (Å²) >= 11 is 0. The van der Waals surface area contributed by atoms with Crippen molar-refractivity contribution in [2.75, 3.05) is 20.2 Å². The number of hydrogen-bond donors (Lipinski definition) is 2. The van der Waals surface area contributed by atoms with E-state index in [1.165, 1.54) is 5.56 Å². The quantitative estimate of drug-likeness (QED) is 0.690. The third-order valence-corrected chi connectivity index (χ3v) is 2.56. The number of amides is 1. The minimum absolute atomic E-state index is 0.00427. The van der Waals surface area contributed by atoms with Crippen LogP contribution in [0, 0.1) is 0 Å². The van der Waals surface area contributed by atoms with Gasteiger partial charge in [0.05, 0.1) is 13.0 Å². The molecule has 4 heteroatoms. The average Bonchev–Trinajstić information content (AvgIpc) is 2.40. The van der Waals surface area contributed by atoms with Crippen molar-refractivity contribution >= 4 is 5.91 Å². The molecule has 1 rings (SSSR count). The average molecular weight is 250 g/mol.